The zero-order chi connectivity index (χ0) is 22.6. The summed E-state index contributed by atoms with van der Waals surface area (Å²) in [4.78, 5) is 38.3. The smallest absolute Gasteiger partial charge is 0.248 e. The van der Waals surface area contributed by atoms with E-state index in [1.165, 1.54) is 17.8 Å². The Hall–Kier alpha value is -2.84. The maximum atomic E-state index is 13.9. The van der Waals surface area contributed by atoms with Gasteiger partial charge >= 0.3 is 0 Å². The summed E-state index contributed by atoms with van der Waals surface area (Å²) in [6.07, 6.45) is 10.5. The summed E-state index contributed by atoms with van der Waals surface area (Å²) in [5.41, 5.74) is 1.52. The van der Waals surface area contributed by atoms with Crippen LogP contribution in [0.4, 0.5) is 5.13 Å². The normalized spacial score (nSPS) is 19.9. The predicted octanol–water partition coefficient (Wildman–Crippen LogP) is 3.97. The number of carbonyl (C=O) groups excluding carboxylic acids is 2. The molecule has 3 heterocycles. The first-order chi connectivity index (χ1) is 16.2. The number of thiazole rings is 1. The molecule has 2 aliphatic rings. The maximum absolute atomic E-state index is 13.9. The van der Waals surface area contributed by atoms with Gasteiger partial charge in [0.25, 0.3) is 0 Å². The van der Waals surface area contributed by atoms with Crippen LogP contribution in [0, 0.1) is 0 Å². The van der Waals surface area contributed by atoms with Crippen LogP contribution in [-0.4, -0.2) is 40.4 Å². The van der Waals surface area contributed by atoms with Crippen molar-refractivity contribution in [3.8, 4) is 0 Å². The zero-order valence-electron chi connectivity index (χ0n) is 18.6. The molecule has 1 aliphatic heterocycles. The standard InChI is InChI=1S/C25H29N5O2S/c31-23(28-18-9-2-1-3-10-18)22(17-8-6-14-26-16-17)30(24(32)20-12-7-15-27-20)25-29-19-11-4-5-13-21(19)33-25/h4-6,8,11,13-14,16,18,20,22,27H,1-3,7,9-10,12,15H2,(H,28,31)/t20-,22?/m1/s1. The van der Waals surface area contributed by atoms with Crippen molar-refractivity contribution in [2.24, 2.45) is 0 Å². The van der Waals surface area contributed by atoms with Gasteiger partial charge < -0.3 is 10.6 Å². The lowest BCUT2D eigenvalue weighted by Gasteiger charge is -2.33. The zero-order valence-corrected chi connectivity index (χ0v) is 19.4. The fraction of sp³-hybridized carbons (Fsp3) is 0.440. The molecule has 2 aromatic heterocycles. The van der Waals surface area contributed by atoms with Crippen LogP contribution in [0.3, 0.4) is 0 Å². The number of nitrogens with one attached hydrogen (secondary N) is 2. The Labute approximate surface area is 197 Å². The molecule has 0 spiro atoms. The van der Waals surface area contributed by atoms with Gasteiger partial charge in [0, 0.05) is 24.0 Å². The molecule has 1 saturated heterocycles. The lowest BCUT2D eigenvalue weighted by Crippen LogP contribution is -2.51. The number of anilines is 1. The van der Waals surface area contributed by atoms with Gasteiger partial charge in [0.2, 0.25) is 11.8 Å². The first-order valence-corrected chi connectivity index (χ1v) is 12.6. The van der Waals surface area contributed by atoms with E-state index in [1.807, 2.05) is 36.4 Å². The lowest BCUT2D eigenvalue weighted by atomic mass is 9.95. The molecule has 2 fully saturated rings. The quantitative estimate of drug-likeness (QED) is 0.578. The Morgan fingerprint density at radius 3 is 2.64 bits per heavy atom. The third-order valence-electron chi connectivity index (χ3n) is 6.54. The first kappa shape index (κ1) is 22.0. The van der Waals surface area contributed by atoms with E-state index in [0.29, 0.717) is 10.7 Å². The summed E-state index contributed by atoms with van der Waals surface area (Å²) in [5.74, 6) is -0.278. The van der Waals surface area contributed by atoms with Crippen LogP contribution >= 0.6 is 11.3 Å². The summed E-state index contributed by atoms with van der Waals surface area (Å²) in [7, 11) is 0. The number of hydrogen-bond donors (Lipinski definition) is 2. The Morgan fingerprint density at radius 1 is 1.06 bits per heavy atom. The van der Waals surface area contributed by atoms with Gasteiger partial charge in [0.05, 0.1) is 16.3 Å². The summed E-state index contributed by atoms with van der Waals surface area (Å²) in [6.45, 7) is 0.802. The molecule has 3 aromatic rings. The molecule has 2 N–H and O–H groups in total. The number of nitrogens with zero attached hydrogens (tertiary/aromatic N) is 3. The van der Waals surface area contributed by atoms with Crippen molar-refractivity contribution < 1.29 is 9.59 Å². The second kappa shape index (κ2) is 9.97. The highest BCUT2D eigenvalue weighted by Crippen LogP contribution is 2.35. The van der Waals surface area contributed by atoms with Crippen molar-refractivity contribution in [2.75, 3.05) is 11.4 Å². The predicted molar refractivity (Wildman–Crippen MR) is 130 cm³/mol. The van der Waals surface area contributed by atoms with Crippen LogP contribution in [-0.2, 0) is 9.59 Å². The van der Waals surface area contributed by atoms with Crippen molar-refractivity contribution in [1.29, 1.82) is 0 Å². The maximum Gasteiger partial charge on any atom is 0.248 e. The van der Waals surface area contributed by atoms with Crippen LogP contribution in [0.1, 0.15) is 56.6 Å². The highest BCUT2D eigenvalue weighted by atomic mass is 32.1. The number of benzene rings is 1. The molecule has 172 valence electrons. The number of amides is 2. The molecule has 0 bridgehead atoms. The average molecular weight is 464 g/mol. The highest BCUT2D eigenvalue weighted by molar-refractivity contribution is 7.22. The minimum absolute atomic E-state index is 0.112. The Morgan fingerprint density at radius 2 is 1.91 bits per heavy atom. The van der Waals surface area contributed by atoms with E-state index < -0.39 is 6.04 Å². The number of hydrogen-bond acceptors (Lipinski definition) is 6. The van der Waals surface area contributed by atoms with Crippen LogP contribution in [0.15, 0.2) is 48.8 Å². The van der Waals surface area contributed by atoms with E-state index in [2.05, 4.69) is 15.6 Å². The largest absolute Gasteiger partial charge is 0.351 e. The van der Waals surface area contributed by atoms with Crippen molar-refractivity contribution in [2.45, 2.75) is 63.1 Å². The van der Waals surface area contributed by atoms with E-state index >= 15 is 0 Å². The second-order valence-corrected chi connectivity index (χ2v) is 9.86. The van der Waals surface area contributed by atoms with Crippen LogP contribution < -0.4 is 15.5 Å². The van der Waals surface area contributed by atoms with E-state index in [4.69, 9.17) is 4.98 Å². The Kier molecular flexibility index (Phi) is 6.64. The van der Waals surface area contributed by atoms with Crippen molar-refractivity contribution in [3.63, 3.8) is 0 Å². The molecular weight excluding hydrogens is 434 g/mol. The molecule has 8 heteroatoms. The molecule has 1 saturated carbocycles. The fourth-order valence-electron chi connectivity index (χ4n) is 4.84. The number of rotatable bonds is 6. The third kappa shape index (κ3) is 4.77. The Balaban J connectivity index is 1.57. The number of aromatic nitrogens is 2. The molecule has 1 aliphatic carbocycles. The molecule has 33 heavy (non-hydrogen) atoms. The second-order valence-electron chi connectivity index (χ2n) is 8.85. The minimum Gasteiger partial charge on any atom is -0.351 e. The molecule has 2 amide bonds. The minimum atomic E-state index is -0.823. The molecule has 1 aromatic carbocycles. The van der Waals surface area contributed by atoms with E-state index in [0.717, 1.165) is 55.3 Å². The molecule has 2 atom stereocenters. The van der Waals surface area contributed by atoms with Crippen LogP contribution in [0.5, 0.6) is 0 Å². The van der Waals surface area contributed by atoms with Gasteiger partial charge in [-0.05, 0) is 50.4 Å². The van der Waals surface area contributed by atoms with E-state index in [1.54, 1.807) is 17.3 Å². The summed E-state index contributed by atoms with van der Waals surface area (Å²) in [5, 5.41) is 7.09. The van der Waals surface area contributed by atoms with Gasteiger partial charge in [-0.25, -0.2) is 4.98 Å². The monoisotopic (exact) mass is 463 g/mol. The fourth-order valence-corrected chi connectivity index (χ4v) is 5.84. The average Bonchev–Trinajstić information content (AvgIpc) is 3.53. The molecule has 5 rings (SSSR count). The molecule has 1 unspecified atom stereocenters. The number of para-hydroxylation sites is 1. The molecular formula is C25H29N5O2S. The summed E-state index contributed by atoms with van der Waals surface area (Å²) in [6, 6.07) is 10.5. The number of carbonyl (C=O) groups is 2. The van der Waals surface area contributed by atoms with Gasteiger partial charge in [-0.2, -0.15) is 0 Å². The van der Waals surface area contributed by atoms with Crippen LogP contribution in [0.2, 0.25) is 0 Å². The SMILES string of the molecule is O=C(NC1CCCCC1)C(c1cccnc1)N(C(=O)[C@H]1CCCN1)c1nc2ccccc2s1. The molecule has 7 nitrogen and oxygen atoms in total. The lowest BCUT2D eigenvalue weighted by molar-refractivity contribution is -0.128. The summed E-state index contributed by atoms with van der Waals surface area (Å²) >= 11 is 1.44. The van der Waals surface area contributed by atoms with Crippen molar-refractivity contribution >= 4 is 38.5 Å². The van der Waals surface area contributed by atoms with Gasteiger partial charge in [-0.3, -0.25) is 19.5 Å². The highest BCUT2D eigenvalue weighted by Gasteiger charge is 2.39. The van der Waals surface area contributed by atoms with Crippen molar-refractivity contribution in [1.82, 2.24) is 20.6 Å². The van der Waals surface area contributed by atoms with Crippen LogP contribution in [0.25, 0.3) is 10.2 Å². The summed E-state index contributed by atoms with van der Waals surface area (Å²) < 4.78 is 0.988. The third-order valence-corrected chi connectivity index (χ3v) is 7.58. The van der Waals surface area contributed by atoms with Gasteiger partial charge in [0.15, 0.2) is 5.13 Å². The van der Waals surface area contributed by atoms with E-state index in [9.17, 15) is 9.59 Å². The topological polar surface area (TPSA) is 87.2 Å². The number of pyridine rings is 1. The van der Waals surface area contributed by atoms with Gasteiger partial charge in [0.1, 0.15) is 6.04 Å². The van der Waals surface area contributed by atoms with E-state index in [-0.39, 0.29) is 23.9 Å². The Bertz CT molecular complexity index is 1070. The molecule has 0 radical (unpaired) electrons. The van der Waals surface area contributed by atoms with Gasteiger partial charge in [-0.15, -0.1) is 0 Å². The number of fused-ring (bicyclic) bond motifs is 1. The van der Waals surface area contributed by atoms with Crippen molar-refractivity contribution in [3.05, 3.63) is 54.4 Å². The van der Waals surface area contributed by atoms with Gasteiger partial charge in [-0.1, -0.05) is 48.8 Å². The first-order valence-electron chi connectivity index (χ1n) is 11.8.